The van der Waals surface area contributed by atoms with Crippen LogP contribution in [0.2, 0.25) is 0 Å². The number of nitrogens with zero attached hydrogens (tertiary/aromatic N) is 2. The van der Waals surface area contributed by atoms with Crippen LogP contribution in [-0.2, 0) is 10.6 Å². The van der Waals surface area contributed by atoms with Crippen LogP contribution in [0.4, 0.5) is 0 Å². The minimum atomic E-state index is 0.122. The van der Waals surface area contributed by atoms with Gasteiger partial charge in [0.2, 0.25) is 0 Å². The molecule has 13 heavy (non-hydrogen) atoms. The molecule has 1 heterocycles. The van der Waals surface area contributed by atoms with Gasteiger partial charge in [0.15, 0.2) is 0 Å². The summed E-state index contributed by atoms with van der Waals surface area (Å²) in [6.45, 7) is 0. The maximum atomic E-state index is 8.43. The standard InChI is InChI=1S/C8H6N2Se3/c9-5-11-3-7-1-2-8(13-7)4-12-6-10/h1-2H,3-4H2. The number of rotatable bonds is 4. The van der Waals surface area contributed by atoms with Crippen molar-refractivity contribution >= 4 is 44.4 Å². The van der Waals surface area contributed by atoms with Crippen LogP contribution in [0.5, 0.6) is 0 Å². The van der Waals surface area contributed by atoms with E-state index in [1.807, 2.05) is 0 Å². The van der Waals surface area contributed by atoms with E-state index in [-0.39, 0.29) is 29.9 Å². The summed E-state index contributed by atoms with van der Waals surface area (Å²) in [6, 6.07) is 4.28. The predicted octanol–water partition coefficient (Wildman–Crippen LogP) is 0.114. The monoisotopic (exact) mass is 370 g/mol. The van der Waals surface area contributed by atoms with Gasteiger partial charge in [0.05, 0.1) is 0 Å². The zero-order valence-electron chi connectivity index (χ0n) is 6.69. The molecule has 0 saturated carbocycles. The van der Waals surface area contributed by atoms with Crippen molar-refractivity contribution in [1.82, 2.24) is 0 Å². The summed E-state index contributed by atoms with van der Waals surface area (Å²) in [7, 11) is 0. The van der Waals surface area contributed by atoms with Crippen molar-refractivity contribution in [2.75, 3.05) is 0 Å². The number of hydrogen-bond donors (Lipinski definition) is 0. The zero-order chi connectivity index (χ0) is 9.52. The average Bonchev–Trinajstić information content (AvgIpc) is 2.59. The summed E-state index contributed by atoms with van der Waals surface area (Å²) < 4.78 is 2.86. The van der Waals surface area contributed by atoms with Crippen molar-refractivity contribution in [1.29, 1.82) is 10.5 Å². The van der Waals surface area contributed by atoms with Gasteiger partial charge in [0, 0.05) is 0 Å². The minimum absolute atomic E-state index is 0.122. The Balaban J connectivity index is 2.45. The van der Waals surface area contributed by atoms with Gasteiger partial charge in [-0.25, -0.2) is 0 Å². The van der Waals surface area contributed by atoms with Crippen LogP contribution in [0.1, 0.15) is 8.87 Å². The first-order valence-electron chi connectivity index (χ1n) is 3.46. The fourth-order valence-electron chi connectivity index (χ4n) is 0.784. The molecular formula is C8H6N2Se3. The second kappa shape index (κ2) is 6.47. The topological polar surface area (TPSA) is 47.6 Å². The molecule has 1 aromatic heterocycles. The molecule has 0 aliphatic carbocycles. The van der Waals surface area contributed by atoms with Gasteiger partial charge in [-0.05, 0) is 0 Å². The van der Waals surface area contributed by atoms with Crippen molar-refractivity contribution in [3.05, 3.63) is 21.0 Å². The Kier molecular flexibility index (Phi) is 5.52. The van der Waals surface area contributed by atoms with E-state index >= 15 is 0 Å². The van der Waals surface area contributed by atoms with Gasteiger partial charge in [-0.15, -0.1) is 0 Å². The Morgan fingerprint density at radius 1 is 1.08 bits per heavy atom. The van der Waals surface area contributed by atoms with Gasteiger partial charge >= 0.3 is 96.5 Å². The van der Waals surface area contributed by atoms with Crippen molar-refractivity contribution < 1.29 is 0 Å². The van der Waals surface area contributed by atoms with Gasteiger partial charge < -0.3 is 0 Å². The molecule has 0 bridgehead atoms. The molecule has 0 atom stereocenters. The molecule has 0 amide bonds. The first kappa shape index (κ1) is 11.1. The van der Waals surface area contributed by atoms with Gasteiger partial charge in [-0.1, -0.05) is 0 Å². The van der Waals surface area contributed by atoms with Crippen LogP contribution < -0.4 is 0 Å². The molecule has 66 valence electrons. The van der Waals surface area contributed by atoms with Crippen molar-refractivity contribution in [3.63, 3.8) is 0 Å². The molecule has 0 saturated heterocycles. The summed E-state index contributed by atoms with van der Waals surface area (Å²) in [5.74, 6) is 0. The maximum absolute atomic E-state index is 8.43. The predicted molar refractivity (Wildman–Crippen MR) is 53.5 cm³/mol. The van der Waals surface area contributed by atoms with Crippen LogP contribution in [0.3, 0.4) is 0 Å². The Morgan fingerprint density at radius 2 is 1.54 bits per heavy atom. The van der Waals surface area contributed by atoms with Crippen molar-refractivity contribution in [2.45, 2.75) is 10.6 Å². The molecule has 0 aliphatic rings. The third-order valence-corrected chi connectivity index (χ3v) is 7.86. The third-order valence-electron chi connectivity index (χ3n) is 1.28. The van der Waals surface area contributed by atoms with Crippen molar-refractivity contribution in [2.24, 2.45) is 0 Å². The van der Waals surface area contributed by atoms with Crippen LogP contribution in [-0.4, -0.2) is 44.4 Å². The fraction of sp³-hybridized carbons (Fsp3) is 0.250. The Hall–Kier alpha value is 0.0184. The van der Waals surface area contributed by atoms with Crippen LogP contribution in [0.25, 0.3) is 0 Å². The van der Waals surface area contributed by atoms with E-state index in [1.165, 1.54) is 8.87 Å². The number of nitriles is 2. The van der Waals surface area contributed by atoms with Crippen LogP contribution in [0, 0.1) is 20.5 Å². The molecule has 2 nitrogen and oxygen atoms in total. The molecule has 1 aromatic rings. The molecule has 0 unspecified atom stereocenters. The Morgan fingerprint density at radius 3 is 1.92 bits per heavy atom. The van der Waals surface area contributed by atoms with Gasteiger partial charge in [-0.2, -0.15) is 0 Å². The van der Waals surface area contributed by atoms with E-state index in [2.05, 4.69) is 22.1 Å². The summed E-state index contributed by atoms with van der Waals surface area (Å²) in [4.78, 5) is 4.43. The first-order chi connectivity index (χ1) is 6.36. The molecule has 1 rings (SSSR count). The average molecular weight is 367 g/mol. The van der Waals surface area contributed by atoms with Crippen LogP contribution >= 0.6 is 0 Å². The molecule has 0 radical (unpaired) electrons. The first-order valence-corrected chi connectivity index (χ1v) is 9.31. The summed E-state index contributed by atoms with van der Waals surface area (Å²) in [6.07, 6.45) is 0. The van der Waals surface area contributed by atoms with E-state index in [0.717, 1.165) is 10.6 Å². The summed E-state index contributed by atoms with van der Waals surface area (Å²) >= 11 is 0.700. The van der Waals surface area contributed by atoms with Gasteiger partial charge in [0.1, 0.15) is 0 Å². The summed E-state index contributed by atoms with van der Waals surface area (Å²) in [5, 5.41) is 18.8. The van der Waals surface area contributed by atoms with Gasteiger partial charge in [0.25, 0.3) is 0 Å². The van der Waals surface area contributed by atoms with E-state index in [1.54, 1.807) is 0 Å². The molecule has 0 aromatic carbocycles. The van der Waals surface area contributed by atoms with E-state index < -0.39 is 0 Å². The van der Waals surface area contributed by atoms with Crippen LogP contribution in [0.15, 0.2) is 12.1 Å². The van der Waals surface area contributed by atoms with Gasteiger partial charge in [-0.3, -0.25) is 0 Å². The molecule has 0 fully saturated rings. The molecule has 0 spiro atoms. The SMILES string of the molecule is N#C[Se]Cc1ccc(C[Se]C#N)[se]1. The van der Waals surface area contributed by atoms with E-state index in [0.29, 0.717) is 14.5 Å². The van der Waals surface area contributed by atoms with Crippen molar-refractivity contribution in [3.8, 4) is 9.94 Å². The Bertz CT molecular complexity index is 313. The third kappa shape index (κ3) is 4.16. The normalized spacial score (nSPS) is 9.08. The second-order valence-corrected chi connectivity index (χ2v) is 7.95. The number of hydrogen-bond acceptors (Lipinski definition) is 2. The molecule has 0 aliphatic heterocycles. The summed E-state index contributed by atoms with van der Waals surface area (Å²) in [5.41, 5.74) is 0. The zero-order valence-corrected chi connectivity index (χ0v) is 11.8. The molecular weight excluding hydrogens is 361 g/mol. The molecule has 5 heteroatoms. The van der Waals surface area contributed by atoms with E-state index in [9.17, 15) is 0 Å². The second-order valence-electron chi connectivity index (χ2n) is 2.13. The Labute approximate surface area is 96.0 Å². The quantitative estimate of drug-likeness (QED) is 0.710. The fourth-order valence-corrected chi connectivity index (χ4v) is 6.15. The molecule has 0 N–H and O–H groups in total. The van der Waals surface area contributed by atoms with E-state index in [4.69, 9.17) is 10.5 Å².